The standard InChI is InChI=1S/C10H9NO3/c1-8-3-2-4-9(5-8)14-6-10(13)11-7-12/h2-5H,6H2,1H3. The number of hydrogen-bond acceptors (Lipinski definition) is 3. The van der Waals surface area contributed by atoms with E-state index in [2.05, 4.69) is 4.99 Å². The first-order valence-corrected chi connectivity index (χ1v) is 4.02. The molecular formula is C10H9NO3. The number of carbonyl (C=O) groups excluding carboxylic acids is 2. The fourth-order valence-electron chi connectivity index (χ4n) is 0.933. The molecule has 14 heavy (non-hydrogen) atoms. The van der Waals surface area contributed by atoms with Crippen LogP contribution in [0.3, 0.4) is 0 Å². The van der Waals surface area contributed by atoms with Gasteiger partial charge in [0.25, 0.3) is 5.91 Å². The fourth-order valence-corrected chi connectivity index (χ4v) is 0.933. The van der Waals surface area contributed by atoms with E-state index in [9.17, 15) is 9.59 Å². The predicted octanol–water partition coefficient (Wildman–Crippen LogP) is 1.24. The zero-order valence-electron chi connectivity index (χ0n) is 7.69. The second-order valence-electron chi connectivity index (χ2n) is 2.70. The second-order valence-corrected chi connectivity index (χ2v) is 2.70. The third kappa shape index (κ3) is 3.21. The van der Waals surface area contributed by atoms with Crippen LogP contribution in [-0.4, -0.2) is 18.6 Å². The van der Waals surface area contributed by atoms with Crippen molar-refractivity contribution in [2.75, 3.05) is 6.61 Å². The van der Waals surface area contributed by atoms with Crippen LogP contribution in [0.5, 0.6) is 5.75 Å². The molecule has 0 saturated heterocycles. The molecule has 0 fully saturated rings. The van der Waals surface area contributed by atoms with Gasteiger partial charge in [-0.05, 0) is 24.6 Å². The normalized spacial score (nSPS) is 8.93. The van der Waals surface area contributed by atoms with Crippen LogP contribution in [-0.2, 0) is 9.59 Å². The summed E-state index contributed by atoms with van der Waals surface area (Å²) in [5.74, 6) is -0.0547. The van der Waals surface area contributed by atoms with Gasteiger partial charge in [0, 0.05) is 0 Å². The average molecular weight is 191 g/mol. The Bertz CT molecular complexity index is 381. The largest absolute Gasteiger partial charge is 0.484 e. The van der Waals surface area contributed by atoms with Crippen molar-refractivity contribution in [2.24, 2.45) is 4.99 Å². The number of benzene rings is 1. The van der Waals surface area contributed by atoms with E-state index < -0.39 is 5.91 Å². The molecule has 4 nitrogen and oxygen atoms in total. The number of ether oxygens (including phenoxy) is 1. The van der Waals surface area contributed by atoms with Crippen molar-refractivity contribution in [1.29, 1.82) is 0 Å². The average Bonchev–Trinajstić information content (AvgIpc) is 2.15. The molecule has 72 valence electrons. The van der Waals surface area contributed by atoms with Crippen LogP contribution in [0, 0.1) is 6.92 Å². The van der Waals surface area contributed by atoms with E-state index in [1.54, 1.807) is 12.1 Å². The molecule has 0 heterocycles. The zero-order valence-corrected chi connectivity index (χ0v) is 7.69. The third-order valence-corrected chi connectivity index (χ3v) is 1.52. The van der Waals surface area contributed by atoms with Gasteiger partial charge >= 0.3 is 0 Å². The van der Waals surface area contributed by atoms with Gasteiger partial charge in [0.15, 0.2) is 6.61 Å². The smallest absolute Gasteiger partial charge is 0.294 e. The molecule has 0 atom stereocenters. The Morgan fingerprint density at radius 1 is 1.57 bits per heavy atom. The lowest BCUT2D eigenvalue weighted by molar-refractivity contribution is -0.119. The van der Waals surface area contributed by atoms with Gasteiger partial charge < -0.3 is 4.74 Å². The number of aliphatic imine (C=N–C) groups is 1. The first kappa shape index (κ1) is 10.2. The second kappa shape index (κ2) is 4.94. The molecule has 0 aliphatic heterocycles. The maximum Gasteiger partial charge on any atom is 0.294 e. The topological polar surface area (TPSA) is 55.7 Å². The summed E-state index contributed by atoms with van der Waals surface area (Å²) >= 11 is 0. The number of nitrogens with zero attached hydrogens (tertiary/aromatic N) is 1. The van der Waals surface area contributed by atoms with Crippen molar-refractivity contribution in [3.63, 3.8) is 0 Å². The van der Waals surface area contributed by atoms with Crippen molar-refractivity contribution in [3.8, 4) is 5.75 Å². The van der Waals surface area contributed by atoms with Crippen molar-refractivity contribution >= 4 is 12.0 Å². The summed E-state index contributed by atoms with van der Waals surface area (Å²) in [5.41, 5.74) is 1.04. The van der Waals surface area contributed by atoms with E-state index in [0.717, 1.165) is 11.6 Å². The van der Waals surface area contributed by atoms with Crippen LogP contribution < -0.4 is 4.74 Å². The lowest BCUT2D eigenvalue weighted by Gasteiger charge is -2.02. The molecule has 0 radical (unpaired) electrons. The minimum absolute atomic E-state index is 0.237. The molecule has 0 aliphatic carbocycles. The Balaban J connectivity index is 2.53. The SMILES string of the molecule is Cc1cccc(OCC(=O)N=C=O)c1. The summed E-state index contributed by atoms with van der Waals surface area (Å²) in [6, 6.07) is 7.25. The molecule has 0 aliphatic rings. The highest BCUT2D eigenvalue weighted by atomic mass is 16.5. The molecule has 1 aromatic carbocycles. The number of amides is 1. The maximum atomic E-state index is 10.7. The van der Waals surface area contributed by atoms with Crippen molar-refractivity contribution in [2.45, 2.75) is 6.92 Å². The first-order chi connectivity index (χ1) is 6.72. The summed E-state index contributed by atoms with van der Waals surface area (Å²) in [6.07, 6.45) is 1.16. The predicted molar refractivity (Wildman–Crippen MR) is 49.8 cm³/mol. The summed E-state index contributed by atoms with van der Waals surface area (Å²) in [4.78, 5) is 23.4. The highest BCUT2D eigenvalue weighted by Gasteiger charge is 2.00. The Morgan fingerprint density at radius 3 is 3.00 bits per heavy atom. The van der Waals surface area contributed by atoms with Crippen molar-refractivity contribution < 1.29 is 14.3 Å². The van der Waals surface area contributed by atoms with Gasteiger partial charge in [-0.15, -0.1) is 4.99 Å². The lowest BCUT2D eigenvalue weighted by atomic mass is 10.2. The van der Waals surface area contributed by atoms with E-state index in [-0.39, 0.29) is 6.61 Å². The Hall–Kier alpha value is -1.93. The summed E-state index contributed by atoms with van der Waals surface area (Å²) < 4.78 is 5.08. The summed E-state index contributed by atoms with van der Waals surface area (Å²) in [5, 5.41) is 0. The molecule has 0 spiro atoms. The van der Waals surface area contributed by atoms with E-state index in [1.807, 2.05) is 19.1 Å². The molecule has 0 aromatic heterocycles. The molecule has 1 amide bonds. The number of carbonyl (C=O) groups is 1. The van der Waals surface area contributed by atoms with E-state index in [1.165, 1.54) is 0 Å². The number of hydrogen-bond donors (Lipinski definition) is 0. The van der Waals surface area contributed by atoms with E-state index in [0.29, 0.717) is 5.75 Å². The van der Waals surface area contributed by atoms with Crippen LogP contribution in [0.2, 0.25) is 0 Å². The number of aryl methyl sites for hydroxylation is 1. The van der Waals surface area contributed by atoms with Gasteiger partial charge in [0.1, 0.15) is 5.75 Å². The highest BCUT2D eigenvalue weighted by molar-refractivity contribution is 5.82. The van der Waals surface area contributed by atoms with Gasteiger partial charge in [-0.25, -0.2) is 4.79 Å². The monoisotopic (exact) mass is 191 g/mol. The third-order valence-electron chi connectivity index (χ3n) is 1.52. The maximum absolute atomic E-state index is 10.7. The minimum Gasteiger partial charge on any atom is -0.484 e. The van der Waals surface area contributed by atoms with Gasteiger partial charge in [-0.2, -0.15) is 0 Å². The molecule has 0 unspecified atom stereocenters. The van der Waals surface area contributed by atoms with E-state index in [4.69, 9.17) is 4.74 Å². The Kier molecular flexibility index (Phi) is 3.58. The van der Waals surface area contributed by atoms with Crippen molar-refractivity contribution in [3.05, 3.63) is 29.8 Å². The van der Waals surface area contributed by atoms with Gasteiger partial charge in [0.2, 0.25) is 6.08 Å². The molecule has 1 rings (SSSR count). The quantitative estimate of drug-likeness (QED) is 0.533. The molecule has 0 N–H and O–H groups in total. The highest BCUT2D eigenvalue weighted by Crippen LogP contribution is 2.11. The van der Waals surface area contributed by atoms with Crippen LogP contribution >= 0.6 is 0 Å². The first-order valence-electron chi connectivity index (χ1n) is 4.02. The van der Waals surface area contributed by atoms with Crippen molar-refractivity contribution in [1.82, 2.24) is 0 Å². The number of rotatable bonds is 3. The summed E-state index contributed by atoms with van der Waals surface area (Å²) in [6.45, 7) is 1.68. The van der Waals surface area contributed by atoms with Crippen LogP contribution in [0.4, 0.5) is 0 Å². The van der Waals surface area contributed by atoms with Crippen LogP contribution in [0.1, 0.15) is 5.56 Å². The van der Waals surface area contributed by atoms with Crippen LogP contribution in [0.25, 0.3) is 0 Å². The molecule has 4 heteroatoms. The van der Waals surface area contributed by atoms with Gasteiger partial charge in [-0.3, -0.25) is 4.79 Å². The number of isocyanates is 1. The van der Waals surface area contributed by atoms with Crippen LogP contribution in [0.15, 0.2) is 29.3 Å². The van der Waals surface area contributed by atoms with Gasteiger partial charge in [0.05, 0.1) is 0 Å². The van der Waals surface area contributed by atoms with Gasteiger partial charge in [-0.1, -0.05) is 12.1 Å². The molecule has 0 saturated carbocycles. The van der Waals surface area contributed by atoms with E-state index >= 15 is 0 Å². The lowest BCUT2D eigenvalue weighted by Crippen LogP contribution is -2.08. The fraction of sp³-hybridized carbons (Fsp3) is 0.200. The Labute approximate surface area is 81.2 Å². The molecule has 0 bridgehead atoms. The summed E-state index contributed by atoms with van der Waals surface area (Å²) in [7, 11) is 0. The minimum atomic E-state index is -0.637. The Morgan fingerprint density at radius 2 is 2.36 bits per heavy atom. The molecule has 1 aromatic rings. The molecular weight excluding hydrogens is 182 g/mol. The zero-order chi connectivity index (χ0) is 10.4.